The number of thiocarbonyl (C=S) groups is 1. The summed E-state index contributed by atoms with van der Waals surface area (Å²) in [7, 11) is 0. The molecule has 160 valence electrons. The van der Waals surface area contributed by atoms with Crippen LogP contribution in [0.15, 0.2) is 30.3 Å². The van der Waals surface area contributed by atoms with E-state index in [2.05, 4.69) is 24.4 Å². The van der Waals surface area contributed by atoms with Crippen molar-refractivity contribution in [3.8, 4) is 0 Å². The van der Waals surface area contributed by atoms with Gasteiger partial charge in [0.05, 0.1) is 0 Å². The van der Waals surface area contributed by atoms with Gasteiger partial charge in [0.2, 0.25) is 0 Å². The van der Waals surface area contributed by atoms with Gasteiger partial charge in [-0.2, -0.15) is 0 Å². The Kier molecular flexibility index (Phi) is 18.0. The van der Waals surface area contributed by atoms with Crippen molar-refractivity contribution >= 4 is 34.0 Å². The molecule has 0 spiro atoms. The maximum Gasteiger partial charge on any atom is 0.138 e. The summed E-state index contributed by atoms with van der Waals surface area (Å²) >= 11 is 7.18. The first-order valence-corrected chi connectivity index (χ1v) is 13.2. The molecule has 0 bridgehead atoms. The molecule has 0 unspecified atom stereocenters. The first kappa shape index (κ1) is 25.5. The normalized spacial score (nSPS) is 10.9. The van der Waals surface area contributed by atoms with Gasteiger partial charge in [0.25, 0.3) is 0 Å². The Bertz CT molecular complexity index is 461. The molecule has 1 rings (SSSR count). The summed E-state index contributed by atoms with van der Waals surface area (Å²) in [5, 5.41) is 3.29. The zero-order valence-corrected chi connectivity index (χ0v) is 19.9. The van der Waals surface area contributed by atoms with Crippen LogP contribution >= 0.6 is 24.0 Å². The summed E-state index contributed by atoms with van der Waals surface area (Å²) < 4.78 is 0.896. The average Bonchev–Trinajstić information content (AvgIpc) is 2.71. The largest absolute Gasteiger partial charge is 0.341 e. The van der Waals surface area contributed by atoms with Crippen LogP contribution in [0.4, 0.5) is 5.69 Å². The third-order valence-corrected chi connectivity index (χ3v) is 6.56. The van der Waals surface area contributed by atoms with E-state index in [-0.39, 0.29) is 0 Å². The van der Waals surface area contributed by atoms with E-state index in [9.17, 15) is 0 Å². The molecule has 1 nitrogen and oxygen atoms in total. The van der Waals surface area contributed by atoms with Gasteiger partial charge in [-0.25, -0.2) is 0 Å². The van der Waals surface area contributed by atoms with Gasteiger partial charge >= 0.3 is 0 Å². The van der Waals surface area contributed by atoms with E-state index in [1.165, 1.54) is 103 Å². The highest BCUT2D eigenvalue weighted by Gasteiger charge is 1.99. The van der Waals surface area contributed by atoms with Gasteiger partial charge in [-0.05, 0) is 18.6 Å². The predicted octanol–water partition coefficient (Wildman–Crippen LogP) is 9.38. The number of para-hydroxylation sites is 1. The fraction of sp³-hybridized carbons (Fsp3) is 0.720. The van der Waals surface area contributed by atoms with Crippen LogP contribution in [0.5, 0.6) is 0 Å². The Hall–Kier alpha value is -0.540. The molecule has 0 saturated carbocycles. The van der Waals surface area contributed by atoms with Gasteiger partial charge in [0.15, 0.2) is 0 Å². The van der Waals surface area contributed by atoms with Crippen LogP contribution in [0.25, 0.3) is 0 Å². The lowest BCUT2D eigenvalue weighted by Gasteiger charge is -2.07. The van der Waals surface area contributed by atoms with E-state index in [0.717, 1.165) is 15.8 Å². The smallest absolute Gasteiger partial charge is 0.138 e. The Balaban J connectivity index is 1.74. The van der Waals surface area contributed by atoms with Crippen molar-refractivity contribution in [1.29, 1.82) is 0 Å². The van der Waals surface area contributed by atoms with E-state index >= 15 is 0 Å². The highest BCUT2D eigenvalue weighted by atomic mass is 32.2. The number of hydrogen-bond donors (Lipinski definition) is 1. The second-order valence-corrected chi connectivity index (χ2v) is 9.70. The molecular weight excluding hydrogens is 378 g/mol. The van der Waals surface area contributed by atoms with Gasteiger partial charge in [-0.1, -0.05) is 145 Å². The monoisotopic (exact) mass is 421 g/mol. The minimum absolute atomic E-state index is 0.896. The summed E-state index contributed by atoms with van der Waals surface area (Å²) in [6, 6.07) is 10.2. The molecule has 0 aliphatic carbocycles. The molecule has 0 atom stereocenters. The molecule has 0 aliphatic heterocycles. The molecule has 0 saturated heterocycles. The molecule has 0 fully saturated rings. The van der Waals surface area contributed by atoms with Crippen molar-refractivity contribution in [3.63, 3.8) is 0 Å². The van der Waals surface area contributed by atoms with Crippen LogP contribution in [-0.2, 0) is 0 Å². The summed E-state index contributed by atoms with van der Waals surface area (Å²) in [6.07, 6.45) is 22.7. The number of rotatable bonds is 18. The lowest BCUT2D eigenvalue weighted by atomic mass is 10.0. The maximum absolute atomic E-state index is 5.40. The Morgan fingerprint density at radius 2 is 1.11 bits per heavy atom. The number of unbranched alkanes of at least 4 members (excludes halogenated alkanes) is 15. The molecule has 1 aromatic carbocycles. The van der Waals surface area contributed by atoms with Gasteiger partial charge in [-0.3, -0.25) is 0 Å². The van der Waals surface area contributed by atoms with E-state index in [4.69, 9.17) is 12.2 Å². The Labute approximate surface area is 184 Å². The Morgan fingerprint density at radius 3 is 1.57 bits per heavy atom. The number of hydrogen-bond acceptors (Lipinski definition) is 2. The van der Waals surface area contributed by atoms with Crippen molar-refractivity contribution < 1.29 is 0 Å². The lowest BCUT2D eigenvalue weighted by Crippen LogP contribution is -2.04. The van der Waals surface area contributed by atoms with Crippen molar-refractivity contribution in [1.82, 2.24) is 0 Å². The number of nitrogens with one attached hydrogen (secondary N) is 1. The number of benzene rings is 1. The molecule has 0 heterocycles. The second-order valence-electron chi connectivity index (χ2n) is 7.93. The van der Waals surface area contributed by atoms with Crippen molar-refractivity contribution in [2.24, 2.45) is 0 Å². The second kappa shape index (κ2) is 19.8. The molecule has 3 heteroatoms. The zero-order chi connectivity index (χ0) is 20.1. The van der Waals surface area contributed by atoms with Gasteiger partial charge in [0, 0.05) is 11.4 Å². The summed E-state index contributed by atoms with van der Waals surface area (Å²) in [5.74, 6) is 1.14. The van der Waals surface area contributed by atoms with Gasteiger partial charge < -0.3 is 5.32 Å². The van der Waals surface area contributed by atoms with Crippen molar-refractivity contribution in [2.45, 2.75) is 110 Å². The van der Waals surface area contributed by atoms with E-state index in [1.54, 1.807) is 11.8 Å². The minimum atomic E-state index is 0.896. The van der Waals surface area contributed by atoms with E-state index in [0.29, 0.717) is 0 Å². The number of thioether (sulfide) groups is 1. The van der Waals surface area contributed by atoms with Crippen LogP contribution < -0.4 is 5.32 Å². The van der Waals surface area contributed by atoms with Crippen molar-refractivity contribution in [3.05, 3.63) is 30.3 Å². The SMILES string of the molecule is CCCCCCCCCCCCCCCCCCSC(=S)Nc1ccccc1. The highest BCUT2D eigenvalue weighted by molar-refractivity contribution is 8.23. The standard InChI is InChI=1S/C25H43NS2/c1-2-3-4-5-6-7-8-9-10-11-12-13-14-15-16-20-23-28-25(27)26-24-21-18-17-19-22-24/h17-19,21-22H,2-16,20,23H2,1H3,(H,26,27). The van der Waals surface area contributed by atoms with Crippen LogP contribution in [0, 0.1) is 0 Å². The summed E-state index contributed by atoms with van der Waals surface area (Å²) in [6.45, 7) is 2.29. The number of anilines is 1. The third-order valence-electron chi connectivity index (χ3n) is 5.25. The molecule has 28 heavy (non-hydrogen) atoms. The third kappa shape index (κ3) is 16.4. The molecular formula is C25H43NS2. The topological polar surface area (TPSA) is 12.0 Å². The molecule has 0 aliphatic rings. The van der Waals surface area contributed by atoms with Crippen LogP contribution in [0.1, 0.15) is 110 Å². The fourth-order valence-corrected chi connectivity index (χ4v) is 4.58. The first-order valence-electron chi connectivity index (χ1n) is 11.8. The highest BCUT2D eigenvalue weighted by Crippen LogP contribution is 2.16. The molecule has 0 amide bonds. The predicted molar refractivity (Wildman–Crippen MR) is 135 cm³/mol. The van der Waals surface area contributed by atoms with Crippen molar-refractivity contribution in [2.75, 3.05) is 11.1 Å². The first-order chi connectivity index (χ1) is 13.8. The summed E-state index contributed by atoms with van der Waals surface area (Å²) in [4.78, 5) is 0. The quantitative estimate of drug-likeness (QED) is 0.187. The molecule has 0 aromatic heterocycles. The summed E-state index contributed by atoms with van der Waals surface area (Å²) in [5.41, 5.74) is 1.09. The van der Waals surface area contributed by atoms with Crippen LogP contribution in [-0.4, -0.2) is 10.1 Å². The fourth-order valence-electron chi connectivity index (χ4n) is 3.49. The van der Waals surface area contributed by atoms with Crippen LogP contribution in [0.2, 0.25) is 0 Å². The van der Waals surface area contributed by atoms with E-state index in [1.807, 2.05) is 18.2 Å². The zero-order valence-electron chi connectivity index (χ0n) is 18.2. The molecule has 0 radical (unpaired) electrons. The van der Waals surface area contributed by atoms with Gasteiger partial charge in [-0.15, -0.1) is 0 Å². The lowest BCUT2D eigenvalue weighted by molar-refractivity contribution is 0.532. The Morgan fingerprint density at radius 1 is 0.679 bits per heavy atom. The van der Waals surface area contributed by atoms with E-state index < -0.39 is 0 Å². The molecule has 1 N–H and O–H groups in total. The average molecular weight is 422 g/mol. The van der Waals surface area contributed by atoms with Crippen LogP contribution in [0.3, 0.4) is 0 Å². The minimum Gasteiger partial charge on any atom is -0.341 e. The van der Waals surface area contributed by atoms with Gasteiger partial charge in [0.1, 0.15) is 4.32 Å². The molecule has 1 aromatic rings. The maximum atomic E-state index is 5.40.